The van der Waals surface area contributed by atoms with Crippen LogP contribution < -0.4 is 4.74 Å². The number of fused-ring (bicyclic) bond motifs is 1. The molecular formula is C27H27F2N5O5. The average molecular weight is 540 g/mol. The van der Waals surface area contributed by atoms with Gasteiger partial charge in [0, 0.05) is 62.4 Å². The third-order valence-electron chi connectivity index (χ3n) is 7.11. The first-order valence-corrected chi connectivity index (χ1v) is 12.7. The van der Waals surface area contributed by atoms with Gasteiger partial charge in [-0.1, -0.05) is 11.2 Å². The van der Waals surface area contributed by atoms with E-state index in [2.05, 4.69) is 20.3 Å². The van der Waals surface area contributed by atoms with Gasteiger partial charge in [-0.05, 0) is 18.2 Å². The molecule has 10 nitrogen and oxygen atoms in total. The fourth-order valence-corrected chi connectivity index (χ4v) is 4.89. The number of aromatic amines is 1. The minimum atomic E-state index is -0.634. The number of hydrogen-bond acceptors (Lipinski definition) is 8. The zero-order valence-corrected chi connectivity index (χ0v) is 21.3. The summed E-state index contributed by atoms with van der Waals surface area (Å²) >= 11 is 0. The molecule has 0 spiro atoms. The summed E-state index contributed by atoms with van der Waals surface area (Å²) in [6, 6.07) is 9.06. The van der Waals surface area contributed by atoms with E-state index >= 15 is 4.39 Å². The van der Waals surface area contributed by atoms with Crippen LogP contribution in [-0.2, 0) is 9.47 Å². The number of amides is 1. The zero-order valence-electron chi connectivity index (χ0n) is 21.3. The van der Waals surface area contributed by atoms with Crippen LogP contribution in [0.1, 0.15) is 10.4 Å². The smallest absolute Gasteiger partial charge is 0.256 e. The molecule has 0 unspecified atom stereocenters. The number of carbonyl (C=O) groups excluding carboxylic acids is 1. The minimum Gasteiger partial charge on any atom is -0.488 e. The number of benzene rings is 2. The van der Waals surface area contributed by atoms with Gasteiger partial charge in [-0.3, -0.25) is 14.8 Å². The molecule has 0 atom stereocenters. The van der Waals surface area contributed by atoms with Crippen LogP contribution in [0.5, 0.6) is 5.75 Å². The maximum absolute atomic E-state index is 15.0. The Morgan fingerprint density at radius 3 is 2.69 bits per heavy atom. The Kier molecular flexibility index (Phi) is 6.98. The molecule has 0 aliphatic carbocycles. The van der Waals surface area contributed by atoms with Gasteiger partial charge in [-0.15, -0.1) is 0 Å². The van der Waals surface area contributed by atoms with E-state index in [9.17, 15) is 9.18 Å². The number of halogens is 2. The second-order valence-corrected chi connectivity index (χ2v) is 9.53. The number of nitrogens with zero attached hydrogens (tertiary/aromatic N) is 4. The third kappa shape index (κ3) is 4.98. The summed E-state index contributed by atoms with van der Waals surface area (Å²) < 4.78 is 50.8. The summed E-state index contributed by atoms with van der Waals surface area (Å²) in [6.07, 6.45) is 0. The van der Waals surface area contributed by atoms with Crippen LogP contribution >= 0.6 is 0 Å². The van der Waals surface area contributed by atoms with Gasteiger partial charge in [0.25, 0.3) is 5.91 Å². The monoisotopic (exact) mass is 539 g/mol. The Hall–Kier alpha value is -3.87. The highest BCUT2D eigenvalue weighted by Crippen LogP contribution is 2.33. The maximum atomic E-state index is 15.0. The molecule has 2 fully saturated rings. The lowest BCUT2D eigenvalue weighted by molar-refractivity contribution is -0.0257. The maximum Gasteiger partial charge on any atom is 0.256 e. The Bertz CT molecular complexity index is 1490. The highest BCUT2D eigenvalue weighted by Gasteiger charge is 2.36. The number of methoxy groups -OCH3 is 1. The molecule has 2 aromatic heterocycles. The molecule has 0 saturated carbocycles. The molecule has 4 aromatic rings. The summed E-state index contributed by atoms with van der Waals surface area (Å²) in [6.45, 7) is 4.78. The van der Waals surface area contributed by atoms with E-state index in [1.807, 2.05) is 0 Å². The van der Waals surface area contributed by atoms with E-state index in [4.69, 9.17) is 18.7 Å². The molecule has 1 N–H and O–H groups in total. The van der Waals surface area contributed by atoms with Crippen molar-refractivity contribution in [2.75, 3.05) is 59.7 Å². The van der Waals surface area contributed by atoms with Crippen LogP contribution in [0.3, 0.4) is 0 Å². The molecule has 12 heteroatoms. The largest absolute Gasteiger partial charge is 0.488 e. The highest BCUT2D eigenvalue weighted by atomic mass is 19.1. The number of carbonyl (C=O) groups is 1. The van der Waals surface area contributed by atoms with Crippen LogP contribution in [0.25, 0.3) is 33.6 Å². The lowest BCUT2D eigenvalue weighted by Gasteiger charge is -2.46. The number of ether oxygens (including phenoxy) is 3. The van der Waals surface area contributed by atoms with E-state index in [1.54, 1.807) is 17.0 Å². The predicted octanol–water partition coefficient (Wildman–Crippen LogP) is 3.34. The molecular weight excluding hydrogens is 512 g/mol. The molecule has 204 valence electrons. The normalized spacial score (nSPS) is 16.5. The summed E-state index contributed by atoms with van der Waals surface area (Å²) in [4.78, 5) is 16.8. The Labute approximate surface area is 222 Å². The number of H-pyrrole nitrogens is 1. The van der Waals surface area contributed by atoms with Crippen molar-refractivity contribution in [1.29, 1.82) is 0 Å². The van der Waals surface area contributed by atoms with Crippen LogP contribution in [0.15, 0.2) is 40.9 Å². The molecule has 2 aliphatic rings. The number of hydrogen-bond donors (Lipinski definition) is 1. The summed E-state index contributed by atoms with van der Waals surface area (Å²) in [5.41, 5.74) is 1.71. The minimum absolute atomic E-state index is 0.0141. The van der Waals surface area contributed by atoms with E-state index in [1.165, 1.54) is 31.4 Å². The van der Waals surface area contributed by atoms with Gasteiger partial charge in [-0.2, -0.15) is 5.10 Å². The van der Waals surface area contributed by atoms with E-state index in [0.29, 0.717) is 60.8 Å². The summed E-state index contributed by atoms with van der Waals surface area (Å²) in [7, 11) is 1.53. The standard InChI is InChI=1S/C27H27F2N5O5/c1-36-8-9-38-24-13-23-19(11-21(24)29)26(31-30-23)25-12-22(32-39-25)16-2-3-18(20(28)10-16)27(35)34-14-17(15-34)33-4-6-37-7-5-33/h2-3,10-13,17H,4-9,14-15H2,1H3,(H,30,31). The van der Waals surface area contributed by atoms with Gasteiger partial charge in [-0.25, -0.2) is 8.78 Å². The van der Waals surface area contributed by atoms with Crippen LogP contribution in [0.4, 0.5) is 8.78 Å². The number of rotatable bonds is 8. The Balaban J connectivity index is 1.16. The van der Waals surface area contributed by atoms with E-state index in [0.717, 1.165) is 13.1 Å². The Morgan fingerprint density at radius 1 is 1.10 bits per heavy atom. The second kappa shape index (κ2) is 10.7. The van der Waals surface area contributed by atoms with Crippen LogP contribution in [0, 0.1) is 11.6 Å². The SMILES string of the molecule is COCCOc1cc2[nH]nc(-c3cc(-c4ccc(C(=O)N5CC(N6CCOCC6)C5)c(F)c4)no3)c2cc1F. The predicted molar refractivity (Wildman–Crippen MR) is 136 cm³/mol. The molecule has 2 aromatic carbocycles. The van der Waals surface area contributed by atoms with Gasteiger partial charge in [0.05, 0.1) is 30.9 Å². The fourth-order valence-electron chi connectivity index (χ4n) is 4.89. The van der Waals surface area contributed by atoms with Gasteiger partial charge < -0.3 is 23.6 Å². The molecule has 2 saturated heterocycles. The highest BCUT2D eigenvalue weighted by molar-refractivity contribution is 5.96. The molecule has 39 heavy (non-hydrogen) atoms. The third-order valence-corrected chi connectivity index (χ3v) is 7.11. The first-order valence-electron chi connectivity index (χ1n) is 12.7. The van der Waals surface area contributed by atoms with Gasteiger partial charge in [0.1, 0.15) is 23.8 Å². The average Bonchev–Trinajstić information content (AvgIpc) is 3.56. The van der Waals surface area contributed by atoms with Gasteiger partial charge in [0.2, 0.25) is 0 Å². The molecule has 2 aliphatic heterocycles. The van der Waals surface area contributed by atoms with Crippen molar-refractivity contribution in [2.45, 2.75) is 6.04 Å². The lowest BCUT2D eigenvalue weighted by Crippen LogP contribution is -2.62. The van der Waals surface area contributed by atoms with Gasteiger partial charge >= 0.3 is 0 Å². The topological polar surface area (TPSA) is 106 Å². The van der Waals surface area contributed by atoms with Crippen molar-refractivity contribution in [3.63, 3.8) is 0 Å². The molecule has 6 rings (SSSR count). The second-order valence-electron chi connectivity index (χ2n) is 9.53. The van der Waals surface area contributed by atoms with E-state index < -0.39 is 11.6 Å². The molecule has 0 radical (unpaired) electrons. The number of morpholine rings is 1. The van der Waals surface area contributed by atoms with Crippen molar-refractivity contribution in [2.24, 2.45) is 0 Å². The van der Waals surface area contributed by atoms with Crippen LogP contribution in [0.2, 0.25) is 0 Å². The lowest BCUT2D eigenvalue weighted by atomic mass is 10.0. The zero-order chi connectivity index (χ0) is 26.9. The first kappa shape index (κ1) is 25.4. The molecule has 4 heterocycles. The van der Waals surface area contributed by atoms with Crippen LogP contribution in [-0.4, -0.2) is 96.8 Å². The number of likely N-dealkylation sites (tertiary alicyclic amines) is 1. The number of aromatic nitrogens is 3. The van der Waals surface area contributed by atoms with Crippen molar-refractivity contribution in [3.05, 3.63) is 53.6 Å². The quantitative estimate of drug-likeness (QED) is 0.340. The summed E-state index contributed by atoms with van der Waals surface area (Å²) in [5, 5.41) is 11.6. The fraction of sp³-hybridized carbons (Fsp3) is 0.370. The first-order chi connectivity index (χ1) is 19.0. The van der Waals surface area contributed by atoms with Crippen molar-refractivity contribution in [1.82, 2.24) is 25.2 Å². The Morgan fingerprint density at radius 2 is 1.92 bits per heavy atom. The van der Waals surface area contributed by atoms with Crippen molar-refractivity contribution >= 4 is 16.8 Å². The number of nitrogens with one attached hydrogen (secondary N) is 1. The van der Waals surface area contributed by atoms with Gasteiger partial charge in [0.15, 0.2) is 17.3 Å². The van der Waals surface area contributed by atoms with E-state index in [-0.39, 0.29) is 35.6 Å². The summed E-state index contributed by atoms with van der Waals surface area (Å²) in [5.74, 6) is -1.17. The van der Waals surface area contributed by atoms with Crippen molar-refractivity contribution < 1.29 is 32.3 Å². The molecule has 0 bridgehead atoms. The molecule has 1 amide bonds. The van der Waals surface area contributed by atoms with Crippen molar-refractivity contribution in [3.8, 4) is 28.5 Å².